The first-order valence-corrected chi connectivity index (χ1v) is 3.67. The third-order valence-electron chi connectivity index (χ3n) is 1.58. The third-order valence-corrected chi connectivity index (χ3v) is 1.58. The van der Waals surface area contributed by atoms with E-state index in [2.05, 4.69) is 13.6 Å². The minimum Gasteiger partial charge on any atom is -0.399 e. The van der Waals surface area contributed by atoms with E-state index < -0.39 is 30.0 Å². The van der Waals surface area contributed by atoms with E-state index in [4.69, 9.17) is 0 Å². The van der Waals surface area contributed by atoms with E-state index in [9.17, 15) is 22.4 Å². The molecular formula is C7H6F4O4. The zero-order chi connectivity index (χ0) is 11.7. The highest BCUT2D eigenvalue weighted by Crippen LogP contribution is 2.37. The standard InChI is InChI=1S/C7H6F4O4/c1-13-7(10,11)6(8,9)2-4-3-14-5(12)15-4/h3H,2H2,1H3. The Bertz CT molecular complexity index is 380. The van der Waals surface area contributed by atoms with Crippen molar-refractivity contribution in [3.8, 4) is 0 Å². The molecule has 1 rings (SSSR count). The maximum absolute atomic E-state index is 12.8. The fourth-order valence-electron chi connectivity index (χ4n) is 0.818. The summed E-state index contributed by atoms with van der Waals surface area (Å²) in [4.78, 5) is 10.3. The maximum atomic E-state index is 12.8. The van der Waals surface area contributed by atoms with Crippen molar-refractivity contribution in [3.05, 3.63) is 22.6 Å². The first-order valence-electron chi connectivity index (χ1n) is 3.67. The molecule has 0 spiro atoms. The fraction of sp³-hybridized carbons (Fsp3) is 0.571. The molecule has 0 radical (unpaired) electrons. The largest absolute Gasteiger partial charge is 0.518 e. The van der Waals surface area contributed by atoms with Crippen LogP contribution in [0, 0.1) is 0 Å². The van der Waals surface area contributed by atoms with Crippen molar-refractivity contribution in [2.75, 3.05) is 7.11 Å². The third kappa shape index (κ3) is 2.38. The van der Waals surface area contributed by atoms with Crippen LogP contribution in [0.1, 0.15) is 5.76 Å². The summed E-state index contributed by atoms with van der Waals surface area (Å²) in [6.07, 6.45) is -5.58. The van der Waals surface area contributed by atoms with Gasteiger partial charge in [0.25, 0.3) is 0 Å². The van der Waals surface area contributed by atoms with Crippen molar-refractivity contribution in [3.63, 3.8) is 0 Å². The highest BCUT2D eigenvalue weighted by Gasteiger charge is 2.57. The van der Waals surface area contributed by atoms with Crippen LogP contribution in [0.25, 0.3) is 0 Å². The summed E-state index contributed by atoms with van der Waals surface area (Å²) in [6.45, 7) is 0. The van der Waals surface area contributed by atoms with Crippen molar-refractivity contribution in [1.29, 1.82) is 0 Å². The van der Waals surface area contributed by atoms with Crippen molar-refractivity contribution < 1.29 is 31.1 Å². The van der Waals surface area contributed by atoms with Crippen molar-refractivity contribution in [2.24, 2.45) is 0 Å². The van der Waals surface area contributed by atoms with Crippen LogP contribution in [0.3, 0.4) is 0 Å². The summed E-state index contributed by atoms with van der Waals surface area (Å²) < 4.78 is 62.1. The average molecular weight is 230 g/mol. The molecule has 0 fully saturated rings. The Balaban J connectivity index is 2.85. The summed E-state index contributed by atoms with van der Waals surface area (Å²) in [6, 6.07) is 0. The van der Waals surface area contributed by atoms with Crippen LogP contribution in [0.4, 0.5) is 17.6 Å². The molecule has 0 aliphatic rings. The molecule has 0 aromatic carbocycles. The van der Waals surface area contributed by atoms with Gasteiger partial charge >= 0.3 is 17.9 Å². The molecule has 0 atom stereocenters. The Morgan fingerprint density at radius 3 is 2.40 bits per heavy atom. The molecule has 8 heteroatoms. The lowest BCUT2D eigenvalue weighted by molar-refractivity contribution is -0.337. The lowest BCUT2D eigenvalue weighted by atomic mass is 10.2. The van der Waals surface area contributed by atoms with E-state index in [1.54, 1.807) is 0 Å². The van der Waals surface area contributed by atoms with E-state index in [1.165, 1.54) is 0 Å². The first kappa shape index (κ1) is 11.8. The maximum Gasteiger partial charge on any atom is 0.518 e. The van der Waals surface area contributed by atoms with Crippen LogP contribution >= 0.6 is 0 Å². The number of rotatable bonds is 4. The smallest absolute Gasteiger partial charge is 0.399 e. The van der Waals surface area contributed by atoms with Crippen molar-refractivity contribution >= 4 is 0 Å². The van der Waals surface area contributed by atoms with Gasteiger partial charge < -0.3 is 13.6 Å². The zero-order valence-corrected chi connectivity index (χ0v) is 7.43. The summed E-state index contributed by atoms with van der Waals surface area (Å²) in [5.74, 6) is -6.40. The second kappa shape index (κ2) is 3.69. The predicted molar refractivity (Wildman–Crippen MR) is 37.9 cm³/mol. The Labute approximate surface area is 80.4 Å². The van der Waals surface area contributed by atoms with E-state index in [1.807, 2.05) is 0 Å². The molecule has 0 amide bonds. The van der Waals surface area contributed by atoms with E-state index in [-0.39, 0.29) is 0 Å². The minimum absolute atomic E-state index is 0.444. The number of halogens is 4. The number of ether oxygens (including phenoxy) is 1. The highest BCUT2D eigenvalue weighted by molar-refractivity contribution is 4.94. The zero-order valence-electron chi connectivity index (χ0n) is 7.43. The van der Waals surface area contributed by atoms with E-state index in [0.717, 1.165) is 0 Å². The lowest BCUT2D eigenvalue weighted by Gasteiger charge is -2.23. The Hall–Kier alpha value is -1.31. The van der Waals surface area contributed by atoms with Gasteiger partial charge in [-0.15, -0.1) is 0 Å². The molecule has 0 saturated carbocycles. The lowest BCUT2D eigenvalue weighted by Crippen LogP contribution is -2.43. The van der Waals surface area contributed by atoms with Gasteiger partial charge in [-0.05, 0) is 0 Å². The fourth-order valence-corrected chi connectivity index (χ4v) is 0.818. The molecule has 86 valence electrons. The van der Waals surface area contributed by atoms with E-state index >= 15 is 0 Å². The van der Waals surface area contributed by atoms with Crippen molar-refractivity contribution in [1.82, 2.24) is 0 Å². The van der Waals surface area contributed by atoms with Crippen LogP contribution < -0.4 is 5.82 Å². The molecule has 0 aliphatic heterocycles. The molecular weight excluding hydrogens is 224 g/mol. The molecule has 15 heavy (non-hydrogen) atoms. The number of hydrogen-bond acceptors (Lipinski definition) is 4. The minimum atomic E-state index is -4.64. The Morgan fingerprint density at radius 1 is 1.40 bits per heavy atom. The second-order valence-electron chi connectivity index (χ2n) is 2.66. The molecule has 1 heterocycles. The summed E-state index contributed by atoms with van der Waals surface area (Å²) >= 11 is 0. The summed E-state index contributed by atoms with van der Waals surface area (Å²) in [5, 5.41) is 0. The molecule has 1 aromatic rings. The van der Waals surface area contributed by atoms with Gasteiger partial charge in [0.15, 0.2) is 5.76 Å². The van der Waals surface area contributed by atoms with Gasteiger partial charge in [-0.3, -0.25) is 0 Å². The second-order valence-corrected chi connectivity index (χ2v) is 2.66. The van der Waals surface area contributed by atoms with Crippen LogP contribution in [0.15, 0.2) is 19.9 Å². The number of methoxy groups -OCH3 is 1. The van der Waals surface area contributed by atoms with Gasteiger partial charge in [0.1, 0.15) is 6.26 Å². The molecule has 0 saturated heterocycles. The normalized spacial score (nSPS) is 13.1. The van der Waals surface area contributed by atoms with Gasteiger partial charge in [0, 0.05) is 7.11 Å². The number of hydrogen-bond donors (Lipinski definition) is 0. The predicted octanol–water partition coefficient (Wildman–Crippen LogP) is 1.65. The van der Waals surface area contributed by atoms with Crippen LogP contribution in [-0.2, 0) is 11.2 Å². The van der Waals surface area contributed by atoms with Gasteiger partial charge in [-0.25, -0.2) is 4.79 Å². The highest BCUT2D eigenvalue weighted by atomic mass is 19.3. The van der Waals surface area contributed by atoms with Gasteiger partial charge in [-0.2, -0.15) is 17.6 Å². The van der Waals surface area contributed by atoms with E-state index in [0.29, 0.717) is 13.4 Å². The van der Waals surface area contributed by atoms with Gasteiger partial charge in [0.05, 0.1) is 6.42 Å². The van der Waals surface area contributed by atoms with Crippen LogP contribution in [-0.4, -0.2) is 19.1 Å². The number of alkyl halides is 4. The monoisotopic (exact) mass is 230 g/mol. The molecule has 4 nitrogen and oxygen atoms in total. The molecule has 1 aromatic heterocycles. The van der Waals surface area contributed by atoms with Crippen LogP contribution in [0.2, 0.25) is 0 Å². The Kier molecular flexibility index (Phi) is 2.89. The quantitative estimate of drug-likeness (QED) is 0.738. The Morgan fingerprint density at radius 2 is 2.00 bits per heavy atom. The average Bonchev–Trinajstić information content (AvgIpc) is 2.50. The SMILES string of the molecule is COC(F)(F)C(F)(F)Cc1coc(=O)o1. The molecule has 0 bridgehead atoms. The first-order chi connectivity index (χ1) is 6.78. The molecule has 0 aliphatic carbocycles. The molecule has 0 N–H and O–H groups in total. The summed E-state index contributed by atoms with van der Waals surface area (Å²) in [7, 11) is 0.444. The van der Waals surface area contributed by atoms with Crippen molar-refractivity contribution in [2.45, 2.75) is 18.5 Å². The molecule has 0 unspecified atom stereocenters. The van der Waals surface area contributed by atoms with Gasteiger partial charge in [0.2, 0.25) is 0 Å². The van der Waals surface area contributed by atoms with Gasteiger partial charge in [-0.1, -0.05) is 0 Å². The topological polar surface area (TPSA) is 52.6 Å². The summed E-state index contributed by atoms with van der Waals surface area (Å²) in [5.41, 5.74) is 0. The van der Waals surface area contributed by atoms with Crippen LogP contribution in [0.5, 0.6) is 0 Å².